The summed E-state index contributed by atoms with van der Waals surface area (Å²) in [5.41, 5.74) is -0.324. The first-order valence-electron chi connectivity index (χ1n) is 6.65. The number of hydrogen-bond donors (Lipinski definition) is 1. The Balaban J connectivity index is 2.97. The van der Waals surface area contributed by atoms with Crippen molar-refractivity contribution in [1.82, 2.24) is 9.47 Å². The van der Waals surface area contributed by atoms with Crippen molar-refractivity contribution >= 4 is 17.5 Å². The minimum atomic E-state index is -0.905. The topological polar surface area (TPSA) is 45.5 Å². The van der Waals surface area contributed by atoms with Gasteiger partial charge < -0.3 is 14.6 Å². The molecule has 0 aromatic carbocycles. The maximum absolute atomic E-state index is 12.5. The number of likely N-dealkylation sites (N-methyl/N-ethyl adjacent to an activating group) is 1. The van der Waals surface area contributed by atoms with Crippen molar-refractivity contribution in [2.24, 2.45) is 0 Å². The quantitative estimate of drug-likeness (QED) is 0.874. The SMILES string of the molecule is CCCn1cc(Cl)cc1C(=O)N(CC)CC(C)(C)O. The predicted molar refractivity (Wildman–Crippen MR) is 77.6 cm³/mol. The number of aryl methyl sites for hydroxylation is 1. The molecule has 19 heavy (non-hydrogen) atoms. The van der Waals surface area contributed by atoms with E-state index in [1.807, 2.05) is 11.5 Å². The molecule has 1 rings (SSSR count). The lowest BCUT2D eigenvalue weighted by Gasteiger charge is -2.28. The fourth-order valence-electron chi connectivity index (χ4n) is 2.04. The van der Waals surface area contributed by atoms with E-state index in [-0.39, 0.29) is 5.91 Å². The molecule has 108 valence electrons. The van der Waals surface area contributed by atoms with Crippen LogP contribution in [0.1, 0.15) is 44.6 Å². The average molecular weight is 287 g/mol. The van der Waals surface area contributed by atoms with Gasteiger partial charge >= 0.3 is 0 Å². The normalized spacial score (nSPS) is 11.7. The van der Waals surface area contributed by atoms with Crippen LogP contribution >= 0.6 is 11.6 Å². The third kappa shape index (κ3) is 4.55. The Morgan fingerprint density at radius 3 is 2.58 bits per heavy atom. The van der Waals surface area contributed by atoms with Crippen LogP contribution in [0, 0.1) is 0 Å². The lowest BCUT2D eigenvalue weighted by atomic mass is 10.1. The van der Waals surface area contributed by atoms with Gasteiger partial charge in [-0.25, -0.2) is 0 Å². The first kappa shape index (κ1) is 16.1. The molecule has 4 nitrogen and oxygen atoms in total. The lowest BCUT2D eigenvalue weighted by Crippen LogP contribution is -2.42. The summed E-state index contributed by atoms with van der Waals surface area (Å²) in [5.74, 6) is -0.0926. The van der Waals surface area contributed by atoms with E-state index < -0.39 is 5.60 Å². The third-order valence-corrected chi connectivity index (χ3v) is 3.00. The van der Waals surface area contributed by atoms with Gasteiger partial charge in [0.1, 0.15) is 5.69 Å². The van der Waals surface area contributed by atoms with Gasteiger partial charge in [0.25, 0.3) is 5.91 Å². The Bertz CT molecular complexity index is 435. The molecule has 1 amide bonds. The second-order valence-electron chi connectivity index (χ2n) is 5.37. The molecular formula is C14H23ClN2O2. The first-order valence-corrected chi connectivity index (χ1v) is 7.03. The molecule has 0 fully saturated rings. The Morgan fingerprint density at radius 1 is 1.47 bits per heavy atom. The van der Waals surface area contributed by atoms with E-state index in [1.54, 1.807) is 31.0 Å². The Hall–Kier alpha value is -1.00. The van der Waals surface area contributed by atoms with Gasteiger partial charge in [-0.15, -0.1) is 0 Å². The van der Waals surface area contributed by atoms with E-state index in [9.17, 15) is 9.90 Å². The van der Waals surface area contributed by atoms with E-state index >= 15 is 0 Å². The molecule has 0 aliphatic carbocycles. The van der Waals surface area contributed by atoms with Crippen LogP contribution in [0.15, 0.2) is 12.3 Å². The van der Waals surface area contributed by atoms with Crippen molar-refractivity contribution in [2.45, 2.75) is 46.3 Å². The van der Waals surface area contributed by atoms with Crippen LogP contribution in [-0.2, 0) is 6.54 Å². The molecule has 0 unspecified atom stereocenters. The summed E-state index contributed by atoms with van der Waals surface area (Å²) in [6.45, 7) is 8.96. The molecule has 0 saturated heterocycles. The number of nitrogens with zero attached hydrogens (tertiary/aromatic N) is 2. The molecule has 1 aromatic heterocycles. The van der Waals surface area contributed by atoms with Crippen LogP contribution in [0.4, 0.5) is 0 Å². The zero-order valence-corrected chi connectivity index (χ0v) is 12.9. The number of aromatic nitrogens is 1. The van der Waals surface area contributed by atoms with E-state index in [4.69, 9.17) is 11.6 Å². The van der Waals surface area contributed by atoms with Gasteiger partial charge in [0.05, 0.1) is 10.6 Å². The molecule has 1 N–H and O–H groups in total. The van der Waals surface area contributed by atoms with Crippen LogP contribution in [0.3, 0.4) is 0 Å². The molecule has 0 aliphatic heterocycles. The Morgan fingerprint density at radius 2 is 2.11 bits per heavy atom. The number of carbonyl (C=O) groups excluding carboxylic acids is 1. The van der Waals surface area contributed by atoms with Gasteiger partial charge in [0.15, 0.2) is 0 Å². The van der Waals surface area contributed by atoms with E-state index in [2.05, 4.69) is 6.92 Å². The highest BCUT2D eigenvalue weighted by molar-refractivity contribution is 6.31. The number of halogens is 1. The van der Waals surface area contributed by atoms with Crippen molar-refractivity contribution in [3.63, 3.8) is 0 Å². The Kier molecular flexibility index (Phi) is 5.44. The van der Waals surface area contributed by atoms with Crippen LogP contribution < -0.4 is 0 Å². The molecule has 0 saturated carbocycles. The van der Waals surface area contributed by atoms with Gasteiger partial charge in [-0.1, -0.05) is 18.5 Å². The van der Waals surface area contributed by atoms with Crippen molar-refractivity contribution in [3.05, 3.63) is 23.0 Å². The predicted octanol–water partition coefficient (Wildman–Crippen LogP) is 2.78. The molecule has 0 bridgehead atoms. The molecular weight excluding hydrogens is 264 g/mol. The van der Waals surface area contributed by atoms with Crippen LogP contribution in [-0.4, -0.2) is 39.2 Å². The minimum Gasteiger partial charge on any atom is -0.389 e. The molecule has 0 radical (unpaired) electrons. The highest BCUT2D eigenvalue weighted by Gasteiger charge is 2.24. The first-order chi connectivity index (χ1) is 8.78. The maximum Gasteiger partial charge on any atom is 0.270 e. The maximum atomic E-state index is 12.5. The average Bonchev–Trinajstić information content (AvgIpc) is 2.65. The van der Waals surface area contributed by atoms with Crippen molar-refractivity contribution in [1.29, 1.82) is 0 Å². The summed E-state index contributed by atoms with van der Waals surface area (Å²) >= 11 is 5.99. The number of amides is 1. The third-order valence-electron chi connectivity index (χ3n) is 2.79. The summed E-state index contributed by atoms with van der Waals surface area (Å²) in [5, 5.41) is 10.4. The summed E-state index contributed by atoms with van der Waals surface area (Å²) in [6.07, 6.45) is 2.71. The Labute approximate surface area is 120 Å². The minimum absolute atomic E-state index is 0.0926. The standard InChI is InChI=1S/C14H23ClN2O2/c1-5-7-17-9-11(15)8-12(17)13(18)16(6-2)10-14(3,4)19/h8-9,19H,5-7,10H2,1-4H3. The molecule has 0 atom stereocenters. The molecule has 5 heteroatoms. The number of carbonyl (C=O) groups is 1. The highest BCUT2D eigenvalue weighted by Crippen LogP contribution is 2.17. The van der Waals surface area contributed by atoms with Gasteiger partial charge in [0.2, 0.25) is 0 Å². The fourth-order valence-corrected chi connectivity index (χ4v) is 2.26. The number of rotatable bonds is 6. The van der Waals surface area contributed by atoms with Crippen molar-refractivity contribution in [3.8, 4) is 0 Å². The molecule has 0 aliphatic rings. The van der Waals surface area contributed by atoms with Gasteiger partial charge in [-0.3, -0.25) is 4.79 Å². The van der Waals surface area contributed by atoms with Gasteiger partial charge in [-0.05, 0) is 33.3 Å². The van der Waals surface area contributed by atoms with Crippen molar-refractivity contribution < 1.29 is 9.90 Å². The van der Waals surface area contributed by atoms with Crippen LogP contribution in [0.2, 0.25) is 5.02 Å². The zero-order chi connectivity index (χ0) is 14.6. The number of aliphatic hydroxyl groups is 1. The smallest absolute Gasteiger partial charge is 0.270 e. The van der Waals surface area contributed by atoms with Crippen molar-refractivity contribution in [2.75, 3.05) is 13.1 Å². The fraction of sp³-hybridized carbons (Fsp3) is 0.643. The molecule has 1 heterocycles. The van der Waals surface area contributed by atoms with Gasteiger partial charge in [-0.2, -0.15) is 0 Å². The zero-order valence-electron chi connectivity index (χ0n) is 12.1. The van der Waals surface area contributed by atoms with Crippen LogP contribution in [0.5, 0.6) is 0 Å². The van der Waals surface area contributed by atoms with Gasteiger partial charge in [0, 0.05) is 25.8 Å². The molecule has 0 spiro atoms. The summed E-state index contributed by atoms with van der Waals surface area (Å²) in [7, 11) is 0. The summed E-state index contributed by atoms with van der Waals surface area (Å²) in [6, 6.07) is 1.69. The highest BCUT2D eigenvalue weighted by atomic mass is 35.5. The second-order valence-corrected chi connectivity index (χ2v) is 5.81. The summed E-state index contributed by atoms with van der Waals surface area (Å²) < 4.78 is 1.87. The van der Waals surface area contributed by atoms with E-state index in [0.29, 0.717) is 23.8 Å². The monoisotopic (exact) mass is 286 g/mol. The van der Waals surface area contributed by atoms with Crippen LogP contribution in [0.25, 0.3) is 0 Å². The number of hydrogen-bond acceptors (Lipinski definition) is 2. The lowest BCUT2D eigenvalue weighted by molar-refractivity contribution is 0.0309. The summed E-state index contributed by atoms with van der Waals surface area (Å²) in [4.78, 5) is 14.1. The molecule has 1 aromatic rings. The largest absolute Gasteiger partial charge is 0.389 e. The van der Waals surface area contributed by atoms with E-state index in [1.165, 1.54) is 0 Å². The second kappa shape index (κ2) is 6.44. The van der Waals surface area contributed by atoms with E-state index in [0.717, 1.165) is 13.0 Å².